The normalized spacial score (nSPS) is 15.4. The van der Waals surface area contributed by atoms with Crippen molar-refractivity contribution < 1.29 is 0 Å². The summed E-state index contributed by atoms with van der Waals surface area (Å²) in [5, 5.41) is 7.47. The summed E-state index contributed by atoms with van der Waals surface area (Å²) in [6.45, 7) is 2.07. The van der Waals surface area contributed by atoms with Gasteiger partial charge in [-0.3, -0.25) is 9.67 Å². The second-order valence-corrected chi connectivity index (χ2v) is 4.78. The van der Waals surface area contributed by atoms with Crippen LogP contribution in [0.5, 0.6) is 0 Å². The molecule has 0 aromatic carbocycles. The number of nitrogens with zero attached hydrogens (tertiary/aromatic N) is 4. The number of anilines is 2. The second-order valence-electron chi connectivity index (χ2n) is 4.78. The van der Waals surface area contributed by atoms with Crippen molar-refractivity contribution in [1.82, 2.24) is 19.7 Å². The van der Waals surface area contributed by atoms with Gasteiger partial charge in [0.2, 0.25) is 0 Å². The van der Waals surface area contributed by atoms with Gasteiger partial charge in [0.05, 0.1) is 18.1 Å². The van der Waals surface area contributed by atoms with E-state index in [-0.39, 0.29) is 0 Å². The molecule has 0 bridgehead atoms. The van der Waals surface area contributed by atoms with E-state index in [1.165, 1.54) is 11.3 Å². The Balaban J connectivity index is 1.86. The van der Waals surface area contributed by atoms with Crippen molar-refractivity contribution in [2.75, 3.05) is 18.9 Å². The van der Waals surface area contributed by atoms with Gasteiger partial charge in [0, 0.05) is 38.3 Å². The van der Waals surface area contributed by atoms with Gasteiger partial charge in [-0.1, -0.05) is 0 Å². The quantitative estimate of drug-likeness (QED) is 0.869. The number of aryl methyl sites for hydroxylation is 1. The molecule has 5 nitrogen and oxygen atoms in total. The fraction of sp³-hybridized carbons (Fsp3) is 0.385. The summed E-state index contributed by atoms with van der Waals surface area (Å²) in [4.78, 5) is 6.86. The number of rotatable bonds is 2. The molecular formula is C13H17N5. The van der Waals surface area contributed by atoms with Crippen molar-refractivity contribution in [1.29, 1.82) is 0 Å². The number of pyridine rings is 1. The van der Waals surface area contributed by atoms with E-state index in [4.69, 9.17) is 0 Å². The van der Waals surface area contributed by atoms with Gasteiger partial charge in [-0.15, -0.1) is 0 Å². The summed E-state index contributed by atoms with van der Waals surface area (Å²) in [6.07, 6.45) is 4.72. The molecule has 2 aromatic heterocycles. The first-order valence-corrected chi connectivity index (χ1v) is 6.14. The molecule has 0 aliphatic carbocycles. The van der Waals surface area contributed by atoms with Crippen LogP contribution in [0.4, 0.5) is 11.5 Å². The predicted octanol–water partition coefficient (Wildman–Crippen LogP) is 1.55. The van der Waals surface area contributed by atoms with E-state index in [1.54, 1.807) is 6.20 Å². The highest BCUT2D eigenvalue weighted by Crippen LogP contribution is 2.21. The average Bonchev–Trinajstić information content (AvgIpc) is 2.74. The largest absolute Gasteiger partial charge is 0.339 e. The van der Waals surface area contributed by atoms with Crippen molar-refractivity contribution in [2.45, 2.75) is 13.0 Å². The summed E-state index contributed by atoms with van der Waals surface area (Å²) in [6, 6.07) is 4.14. The van der Waals surface area contributed by atoms with E-state index in [2.05, 4.69) is 33.4 Å². The topological polar surface area (TPSA) is 46.0 Å². The number of hydrogen-bond acceptors (Lipinski definition) is 4. The Morgan fingerprint density at radius 3 is 3.00 bits per heavy atom. The Morgan fingerprint density at radius 1 is 1.33 bits per heavy atom. The van der Waals surface area contributed by atoms with Gasteiger partial charge in [-0.2, -0.15) is 5.10 Å². The van der Waals surface area contributed by atoms with Gasteiger partial charge in [0.25, 0.3) is 0 Å². The summed E-state index contributed by atoms with van der Waals surface area (Å²) in [5.41, 5.74) is 3.56. The number of aromatic nitrogens is 3. The molecule has 5 heteroatoms. The van der Waals surface area contributed by atoms with Crippen molar-refractivity contribution in [3.05, 3.63) is 35.8 Å². The predicted molar refractivity (Wildman–Crippen MR) is 70.8 cm³/mol. The molecular weight excluding hydrogens is 226 g/mol. The summed E-state index contributed by atoms with van der Waals surface area (Å²) in [7, 11) is 4.06. The molecule has 0 unspecified atom stereocenters. The number of hydrogen-bond donors (Lipinski definition) is 1. The van der Waals surface area contributed by atoms with Crippen LogP contribution in [0.3, 0.4) is 0 Å². The molecule has 0 radical (unpaired) electrons. The number of likely N-dealkylation sites (N-methyl/N-ethyl adjacent to an activating group) is 1. The summed E-state index contributed by atoms with van der Waals surface area (Å²) < 4.78 is 1.81. The maximum Gasteiger partial charge on any atom is 0.128 e. The van der Waals surface area contributed by atoms with Gasteiger partial charge in [-0.25, -0.2) is 0 Å². The molecule has 2 aromatic rings. The second kappa shape index (κ2) is 4.42. The lowest BCUT2D eigenvalue weighted by atomic mass is 10.1. The molecule has 0 fully saturated rings. The molecule has 3 heterocycles. The Kier molecular flexibility index (Phi) is 2.76. The van der Waals surface area contributed by atoms with Crippen molar-refractivity contribution in [3.8, 4) is 0 Å². The Bertz CT molecular complexity index is 560. The SMILES string of the molecule is CN1CCc2ncc(Nc3ccnn3C)cc2C1. The van der Waals surface area contributed by atoms with Crippen molar-refractivity contribution >= 4 is 11.5 Å². The molecule has 18 heavy (non-hydrogen) atoms. The lowest BCUT2D eigenvalue weighted by molar-refractivity contribution is 0.310. The number of nitrogens with one attached hydrogen (secondary N) is 1. The lowest BCUT2D eigenvalue weighted by Crippen LogP contribution is -2.27. The first kappa shape index (κ1) is 11.2. The molecule has 1 N–H and O–H groups in total. The van der Waals surface area contributed by atoms with Crippen molar-refractivity contribution in [3.63, 3.8) is 0 Å². The maximum atomic E-state index is 4.55. The molecule has 0 atom stereocenters. The van der Waals surface area contributed by atoms with E-state index in [0.717, 1.165) is 31.0 Å². The smallest absolute Gasteiger partial charge is 0.128 e. The van der Waals surface area contributed by atoms with Crippen LogP contribution in [0.25, 0.3) is 0 Å². The maximum absolute atomic E-state index is 4.55. The summed E-state index contributed by atoms with van der Waals surface area (Å²) in [5.74, 6) is 0.973. The van der Waals surface area contributed by atoms with Crippen LogP contribution in [0.1, 0.15) is 11.3 Å². The van der Waals surface area contributed by atoms with Gasteiger partial charge >= 0.3 is 0 Å². The van der Waals surface area contributed by atoms with Gasteiger partial charge < -0.3 is 10.2 Å². The van der Waals surface area contributed by atoms with E-state index in [0.29, 0.717) is 0 Å². The van der Waals surface area contributed by atoms with Crippen molar-refractivity contribution in [2.24, 2.45) is 7.05 Å². The Morgan fingerprint density at radius 2 is 2.22 bits per heavy atom. The van der Waals surface area contributed by atoms with Crippen LogP contribution >= 0.6 is 0 Å². The third-order valence-electron chi connectivity index (χ3n) is 3.32. The van der Waals surface area contributed by atoms with Crippen LogP contribution in [0.15, 0.2) is 24.5 Å². The molecule has 3 rings (SSSR count). The summed E-state index contributed by atoms with van der Waals surface area (Å²) >= 11 is 0. The minimum atomic E-state index is 0.973. The first-order valence-electron chi connectivity index (χ1n) is 6.14. The monoisotopic (exact) mass is 243 g/mol. The molecule has 0 saturated heterocycles. The van der Waals surface area contributed by atoms with E-state index in [9.17, 15) is 0 Å². The van der Waals surface area contributed by atoms with E-state index < -0.39 is 0 Å². The van der Waals surface area contributed by atoms with E-state index >= 15 is 0 Å². The Labute approximate surface area is 106 Å². The molecule has 0 amide bonds. The fourth-order valence-electron chi connectivity index (χ4n) is 2.28. The highest BCUT2D eigenvalue weighted by Gasteiger charge is 2.14. The molecule has 0 saturated carbocycles. The molecule has 94 valence electrons. The van der Waals surface area contributed by atoms with Crippen LogP contribution < -0.4 is 5.32 Å². The first-order chi connectivity index (χ1) is 8.72. The van der Waals surface area contributed by atoms with Gasteiger partial charge in [0.15, 0.2) is 0 Å². The third kappa shape index (κ3) is 2.09. The zero-order valence-corrected chi connectivity index (χ0v) is 10.7. The Hall–Kier alpha value is -1.88. The fourth-order valence-corrected chi connectivity index (χ4v) is 2.28. The highest BCUT2D eigenvalue weighted by molar-refractivity contribution is 5.56. The van der Waals surface area contributed by atoms with Gasteiger partial charge in [-0.05, 0) is 18.7 Å². The molecule has 0 spiro atoms. The molecule has 1 aliphatic rings. The molecule has 1 aliphatic heterocycles. The minimum absolute atomic E-state index is 0.973. The minimum Gasteiger partial charge on any atom is -0.339 e. The van der Waals surface area contributed by atoms with Crippen LogP contribution in [0, 0.1) is 0 Å². The van der Waals surface area contributed by atoms with Crippen LogP contribution in [-0.4, -0.2) is 33.3 Å². The zero-order valence-electron chi connectivity index (χ0n) is 10.7. The van der Waals surface area contributed by atoms with Crippen LogP contribution in [0.2, 0.25) is 0 Å². The van der Waals surface area contributed by atoms with E-state index in [1.807, 2.05) is 24.0 Å². The van der Waals surface area contributed by atoms with Crippen LogP contribution in [-0.2, 0) is 20.0 Å². The van der Waals surface area contributed by atoms with Gasteiger partial charge in [0.1, 0.15) is 5.82 Å². The highest BCUT2D eigenvalue weighted by atomic mass is 15.3. The number of fused-ring (bicyclic) bond motifs is 1. The average molecular weight is 243 g/mol. The third-order valence-corrected chi connectivity index (χ3v) is 3.32. The zero-order chi connectivity index (χ0) is 12.5. The standard InChI is InChI=1S/C13H17N5/c1-17-6-4-12-10(9-17)7-11(8-14-12)16-13-3-5-15-18(13)2/h3,5,7-8,16H,4,6,9H2,1-2H3. The lowest BCUT2D eigenvalue weighted by Gasteiger charge is -2.24.